The summed E-state index contributed by atoms with van der Waals surface area (Å²) in [5.74, 6) is 1.96. The zero-order valence-electron chi connectivity index (χ0n) is 10.5. The molecule has 0 saturated carbocycles. The Bertz CT molecular complexity index is 553. The van der Waals surface area contributed by atoms with Gasteiger partial charge in [-0.2, -0.15) is 0 Å². The standard InChI is InChI=1S/C12H14ClN3O2S/c1-2-8-3-4-9(18-8)5-6-10(17)14-12-16-15-11(7-13)19-12/h3-4H,2,5-7H2,1H3,(H,14,16,17). The van der Waals surface area contributed by atoms with Crippen molar-refractivity contribution in [2.75, 3.05) is 5.32 Å². The molecule has 0 aliphatic rings. The monoisotopic (exact) mass is 299 g/mol. The van der Waals surface area contributed by atoms with Crippen LogP contribution < -0.4 is 5.32 Å². The zero-order valence-corrected chi connectivity index (χ0v) is 12.1. The van der Waals surface area contributed by atoms with E-state index in [1.54, 1.807) is 0 Å². The van der Waals surface area contributed by atoms with Crippen LogP contribution in [-0.4, -0.2) is 16.1 Å². The van der Waals surface area contributed by atoms with Crippen LogP contribution in [0.3, 0.4) is 0 Å². The molecule has 0 fully saturated rings. The summed E-state index contributed by atoms with van der Waals surface area (Å²) in [6.45, 7) is 2.03. The van der Waals surface area contributed by atoms with Crippen molar-refractivity contribution in [1.29, 1.82) is 0 Å². The van der Waals surface area contributed by atoms with Gasteiger partial charge in [-0.3, -0.25) is 4.79 Å². The molecule has 2 rings (SSSR count). The van der Waals surface area contributed by atoms with E-state index in [0.29, 0.717) is 28.9 Å². The lowest BCUT2D eigenvalue weighted by Crippen LogP contribution is -2.11. The van der Waals surface area contributed by atoms with E-state index in [4.69, 9.17) is 16.0 Å². The molecule has 2 heterocycles. The van der Waals surface area contributed by atoms with Crippen LogP contribution in [-0.2, 0) is 23.5 Å². The fourth-order valence-corrected chi connectivity index (χ4v) is 2.35. The van der Waals surface area contributed by atoms with Crippen LogP contribution in [0.25, 0.3) is 0 Å². The third-order valence-electron chi connectivity index (χ3n) is 2.49. The number of carbonyl (C=O) groups is 1. The maximum absolute atomic E-state index is 11.7. The van der Waals surface area contributed by atoms with Gasteiger partial charge in [0.05, 0.1) is 5.88 Å². The number of carbonyl (C=O) groups excluding carboxylic acids is 1. The summed E-state index contributed by atoms with van der Waals surface area (Å²) < 4.78 is 5.53. The Labute approximate surface area is 120 Å². The molecule has 0 spiro atoms. The summed E-state index contributed by atoms with van der Waals surface area (Å²) in [4.78, 5) is 11.7. The highest BCUT2D eigenvalue weighted by molar-refractivity contribution is 7.15. The molecule has 102 valence electrons. The summed E-state index contributed by atoms with van der Waals surface area (Å²) in [5.41, 5.74) is 0. The lowest BCUT2D eigenvalue weighted by molar-refractivity contribution is -0.116. The molecule has 0 bridgehead atoms. The third-order valence-corrected chi connectivity index (χ3v) is 3.74. The van der Waals surface area contributed by atoms with Crippen LogP contribution in [0.15, 0.2) is 16.5 Å². The van der Waals surface area contributed by atoms with E-state index in [2.05, 4.69) is 15.5 Å². The molecular weight excluding hydrogens is 286 g/mol. The first kappa shape index (κ1) is 14.0. The van der Waals surface area contributed by atoms with Gasteiger partial charge in [-0.1, -0.05) is 18.3 Å². The van der Waals surface area contributed by atoms with Crippen molar-refractivity contribution in [3.05, 3.63) is 28.7 Å². The smallest absolute Gasteiger partial charge is 0.226 e. The van der Waals surface area contributed by atoms with Gasteiger partial charge in [0.25, 0.3) is 0 Å². The predicted molar refractivity (Wildman–Crippen MR) is 74.5 cm³/mol. The lowest BCUT2D eigenvalue weighted by atomic mass is 10.2. The summed E-state index contributed by atoms with van der Waals surface area (Å²) in [6.07, 6.45) is 1.79. The number of aryl methyl sites for hydroxylation is 2. The minimum absolute atomic E-state index is 0.105. The summed E-state index contributed by atoms with van der Waals surface area (Å²) in [5, 5.41) is 11.5. The number of alkyl halides is 1. The number of aromatic nitrogens is 2. The van der Waals surface area contributed by atoms with Gasteiger partial charge < -0.3 is 9.73 Å². The molecule has 0 radical (unpaired) electrons. The normalized spacial score (nSPS) is 10.6. The molecular formula is C12H14ClN3O2S. The third kappa shape index (κ3) is 4.04. The Hall–Kier alpha value is -1.40. The van der Waals surface area contributed by atoms with Crippen LogP contribution in [0.1, 0.15) is 29.9 Å². The highest BCUT2D eigenvalue weighted by Crippen LogP contribution is 2.17. The van der Waals surface area contributed by atoms with Gasteiger partial charge in [0.2, 0.25) is 11.0 Å². The molecule has 1 N–H and O–H groups in total. The highest BCUT2D eigenvalue weighted by atomic mass is 35.5. The second-order valence-corrected chi connectivity index (χ2v) is 5.23. The van der Waals surface area contributed by atoms with Crippen LogP contribution >= 0.6 is 22.9 Å². The molecule has 0 aliphatic heterocycles. The average Bonchev–Trinajstić information content (AvgIpc) is 3.04. The van der Waals surface area contributed by atoms with Crippen molar-refractivity contribution < 1.29 is 9.21 Å². The van der Waals surface area contributed by atoms with Crippen molar-refractivity contribution in [3.8, 4) is 0 Å². The Balaban J connectivity index is 1.81. The van der Waals surface area contributed by atoms with Crippen LogP contribution in [0.2, 0.25) is 0 Å². The number of hydrogen-bond donors (Lipinski definition) is 1. The number of nitrogens with zero attached hydrogens (tertiary/aromatic N) is 2. The minimum Gasteiger partial charge on any atom is -0.466 e. The molecule has 0 aromatic carbocycles. The summed E-state index contributed by atoms with van der Waals surface area (Å²) in [6, 6.07) is 3.84. The molecule has 2 aromatic heterocycles. The molecule has 0 unspecified atom stereocenters. The van der Waals surface area contributed by atoms with Crippen LogP contribution in [0.5, 0.6) is 0 Å². The second kappa shape index (κ2) is 6.68. The number of furan rings is 1. The van der Waals surface area contributed by atoms with Crippen molar-refractivity contribution in [2.45, 2.75) is 32.1 Å². The van der Waals surface area contributed by atoms with E-state index < -0.39 is 0 Å². The topological polar surface area (TPSA) is 68.0 Å². The number of amides is 1. The van der Waals surface area contributed by atoms with Gasteiger partial charge in [0, 0.05) is 19.3 Å². The van der Waals surface area contributed by atoms with Gasteiger partial charge in [-0.25, -0.2) is 0 Å². The molecule has 1 amide bonds. The fourth-order valence-electron chi connectivity index (χ4n) is 1.52. The van der Waals surface area contributed by atoms with Gasteiger partial charge >= 0.3 is 0 Å². The van der Waals surface area contributed by atoms with Crippen molar-refractivity contribution in [1.82, 2.24) is 10.2 Å². The molecule has 2 aromatic rings. The number of halogens is 1. The summed E-state index contributed by atoms with van der Waals surface area (Å²) >= 11 is 6.90. The first-order chi connectivity index (χ1) is 9.21. The maximum atomic E-state index is 11.7. The number of anilines is 1. The number of nitrogens with one attached hydrogen (secondary N) is 1. The van der Waals surface area contributed by atoms with Gasteiger partial charge in [-0.15, -0.1) is 21.8 Å². The minimum atomic E-state index is -0.105. The molecule has 0 atom stereocenters. The van der Waals surface area contributed by atoms with Gasteiger partial charge in [0.15, 0.2) is 0 Å². The second-order valence-electron chi connectivity index (χ2n) is 3.90. The van der Waals surface area contributed by atoms with Crippen LogP contribution in [0, 0.1) is 0 Å². The first-order valence-electron chi connectivity index (χ1n) is 5.97. The summed E-state index contributed by atoms with van der Waals surface area (Å²) in [7, 11) is 0. The zero-order chi connectivity index (χ0) is 13.7. The largest absolute Gasteiger partial charge is 0.466 e. The fraction of sp³-hybridized carbons (Fsp3) is 0.417. The van der Waals surface area contributed by atoms with Gasteiger partial charge in [-0.05, 0) is 12.1 Å². The lowest BCUT2D eigenvalue weighted by Gasteiger charge is -1.99. The van der Waals surface area contributed by atoms with Crippen molar-refractivity contribution in [3.63, 3.8) is 0 Å². The maximum Gasteiger partial charge on any atom is 0.226 e. The Morgan fingerprint density at radius 2 is 2.21 bits per heavy atom. The quantitative estimate of drug-likeness (QED) is 0.833. The van der Waals surface area contributed by atoms with E-state index in [1.807, 2.05) is 19.1 Å². The van der Waals surface area contributed by atoms with Crippen molar-refractivity contribution in [2.24, 2.45) is 0 Å². The molecule has 0 aliphatic carbocycles. The average molecular weight is 300 g/mol. The SMILES string of the molecule is CCc1ccc(CCC(=O)Nc2nnc(CCl)s2)o1. The Kier molecular flexibility index (Phi) is 4.93. The Morgan fingerprint density at radius 1 is 1.42 bits per heavy atom. The highest BCUT2D eigenvalue weighted by Gasteiger charge is 2.09. The number of rotatable bonds is 6. The molecule has 0 saturated heterocycles. The van der Waals surface area contributed by atoms with E-state index in [9.17, 15) is 4.79 Å². The van der Waals surface area contributed by atoms with Crippen molar-refractivity contribution >= 4 is 34.0 Å². The Morgan fingerprint density at radius 3 is 2.84 bits per heavy atom. The molecule has 5 nitrogen and oxygen atoms in total. The van der Waals surface area contributed by atoms with E-state index in [1.165, 1.54) is 11.3 Å². The molecule has 7 heteroatoms. The van der Waals surface area contributed by atoms with E-state index >= 15 is 0 Å². The molecule has 19 heavy (non-hydrogen) atoms. The number of hydrogen-bond acceptors (Lipinski definition) is 5. The van der Waals surface area contributed by atoms with Crippen LogP contribution in [0.4, 0.5) is 5.13 Å². The van der Waals surface area contributed by atoms with Gasteiger partial charge in [0.1, 0.15) is 16.5 Å². The van der Waals surface area contributed by atoms with E-state index in [0.717, 1.165) is 17.9 Å². The first-order valence-corrected chi connectivity index (χ1v) is 7.32. The van der Waals surface area contributed by atoms with E-state index in [-0.39, 0.29) is 5.91 Å². The predicted octanol–water partition coefficient (Wildman–Crippen LogP) is 3.00.